The molecule has 7 nitrogen and oxygen atoms in total. The Labute approximate surface area is 206 Å². The largest absolute Gasteiger partial charge is 0.343 e. The van der Waals surface area contributed by atoms with Crippen molar-refractivity contribution in [2.75, 3.05) is 31.9 Å². The molecule has 2 rings (SSSR count). The fourth-order valence-corrected chi connectivity index (χ4v) is 5.51. The maximum absolute atomic E-state index is 13.5. The summed E-state index contributed by atoms with van der Waals surface area (Å²) in [5.74, 6) is -0.0362. The Bertz CT molecular complexity index is 932. The summed E-state index contributed by atoms with van der Waals surface area (Å²) in [6.45, 7) is 13.6. The number of carbonyl (C=O) groups excluding carboxylic acids is 2. The lowest BCUT2D eigenvalue weighted by Crippen LogP contribution is -2.51. The van der Waals surface area contributed by atoms with Crippen molar-refractivity contribution in [3.05, 3.63) is 35.4 Å². The van der Waals surface area contributed by atoms with Crippen LogP contribution in [-0.4, -0.2) is 72.3 Å². The van der Waals surface area contributed by atoms with Gasteiger partial charge in [-0.2, -0.15) is 4.31 Å². The van der Waals surface area contributed by atoms with Gasteiger partial charge in [0.05, 0.1) is 12.3 Å². The standard InChI is InChI=1S/C26H43N3O4S/c1-7-15-28(34(32,33)8-2)20-25(31)29(19-22-12-10-9-11-21(22)3)23-13-16-27(17-14-23)24(30)18-26(4,5)6/h9-12,23H,7-8,13-20H2,1-6H3. The van der Waals surface area contributed by atoms with E-state index in [1.807, 2.05) is 47.9 Å². The quantitative estimate of drug-likeness (QED) is 0.497. The number of benzene rings is 1. The molecule has 0 aromatic heterocycles. The third kappa shape index (κ3) is 8.08. The maximum atomic E-state index is 13.5. The topological polar surface area (TPSA) is 78.0 Å². The maximum Gasteiger partial charge on any atom is 0.238 e. The minimum absolute atomic E-state index is 0.0215. The van der Waals surface area contributed by atoms with Gasteiger partial charge in [0.2, 0.25) is 21.8 Å². The zero-order valence-corrected chi connectivity index (χ0v) is 22.7. The number of aryl methyl sites for hydroxylation is 1. The Hall–Kier alpha value is -1.93. The van der Waals surface area contributed by atoms with Crippen molar-refractivity contribution in [3.63, 3.8) is 0 Å². The van der Waals surface area contributed by atoms with Crippen LogP contribution in [0.4, 0.5) is 0 Å². The molecule has 0 saturated carbocycles. The number of rotatable bonds is 10. The van der Waals surface area contributed by atoms with E-state index in [0.29, 0.717) is 51.9 Å². The van der Waals surface area contributed by atoms with Gasteiger partial charge in [-0.15, -0.1) is 0 Å². The number of likely N-dealkylation sites (tertiary alicyclic amines) is 1. The number of amides is 2. The first kappa shape index (κ1) is 28.3. The molecular formula is C26H43N3O4S. The van der Waals surface area contributed by atoms with Crippen molar-refractivity contribution in [2.24, 2.45) is 5.41 Å². The van der Waals surface area contributed by atoms with Crippen LogP contribution in [0.1, 0.15) is 71.4 Å². The molecule has 8 heteroatoms. The zero-order valence-electron chi connectivity index (χ0n) is 21.8. The summed E-state index contributed by atoms with van der Waals surface area (Å²) in [6, 6.07) is 7.95. The predicted molar refractivity (Wildman–Crippen MR) is 137 cm³/mol. The van der Waals surface area contributed by atoms with Crippen molar-refractivity contribution in [1.29, 1.82) is 0 Å². The second-order valence-corrected chi connectivity index (χ2v) is 12.8. The van der Waals surface area contributed by atoms with Crippen molar-refractivity contribution in [2.45, 2.75) is 79.8 Å². The van der Waals surface area contributed by atoms with Gasteiger partial charge in [-0.1, -0.05) is 52.0 Å². The summed E-state index contributed by atoms with van der Waals surface area (Å²) >= 11 is 0. The summed E-state index contributed by atoms with van der Waals surface area (Å²) in [4.78, 5) is 30.0. The molecule has 0 N–H and O–H groups in total. The third-order valence-corrected chi connectivity index (χ3v) is 8.23. The third-order valence-electron chi connectivity index (χ3n) is 6.40. The van der Waals surface area contributed by atoms with Crippen LogP contribution in [0, 0.1) is 12.3 Å². The molecule has 0 atom stereocenters. The molecule has 0 unspecified atom stereocenters. The smallest absolute Gasteiger partial charge is 0.238 e. The number of hydrogen-bond donors (Lipinski definition) is 0. The molecule has 0 radical (unpaired) electrons. The van der Waals surface area contributed by atoms with Gasteiger partial charge in [-0.25, -0.2) is 8.42 Å². The second kappa shape index (κ2) is 12.2. The van der Waals surface area contributed by atoms with Crippen molar-refractivity contribution in [3.8, 4) is 0 Å². The van der Waals surface area contributed by atoms with Crippen LogP contribution in [-0.2, 0) is 26.2 Å². The highest BCUT2D eigenvalue weighted by Crippen LogP contribution is 2.25. The van der Waals surface area contributed by atoms with Gasteiger partial charge in [0.1, 0.15) is 0 Å². The van der Waals surface area contributed by atoms with E-state index in [2.05, 4.69) is 20.8 Å². The fraction of sp³-hybridized carbons (Fsp3) is 0.692. The lowest BCUT2D eigenvalue weighted by molar-refractivity contribution is -0.138. The van der Waals surface area contributed by atoms with Crippen LogP contribution in [0.15, 0.2) is 24.3 Å². The van der Waals surface area contributed by atoms with Gasteiger partial charge in [-0.05, 0) is 49.7 Å². The molecular weight excluding hydrogens is 450 g/mol. The molecule has 0 bridgehead atoms. The highest BCUT2D eigenvalue weighted by atomic mass is 32.2. The van der Waals surface area contributed by atoms with Crippen LogP contribution in [0.3, 0.4) is 0 Å². The minimum Gasteiger partial charge on any atom is -0.343 e. The predicted octanol–water partition coefficient (Wildman–Crippen LogP) is 3.81. The Morgan fingerprint density at radius 1 is 1.09 bits per heavy atom. The lowest BCUT2D eigenvalue weighted by atomic mass is 9.91. The minimum atomic E-state index is -3.47. The Kier molecular flexibility index (Phi) is 10.1. The van der Waals surface area contributed by atoms with Crippen molar-refractivity contribution in [1.82, 2.24) is 14.1 Å². The Morgan fingerprint density at radius 3 is 2.24 bits per heavy atom. The molecule has 0 aliphatic carbocycles. The number of piperidine rings is 1. The number of hydrogen-bond acceptors (Lipinski definition) is 4. The Balaban J connectivity index is 2.21. The van der Waals surface area contributed by atoms with E-state index >= 15 is 0 Å². The van der Waals surface area contributed by atoms with Gasteiger partial charge in [0.25, 0.3) is 0 Å². The average molecular weight is 494 g/mol. The van der Waals surface area contributed by atoms with Gasteiger partial charge in [0, 0.05) is 38.6 Å². The summed E-state index contributed by atoms with van der Waals surface area (Å²) in [7, 11) is -3.47. The molecule has 1 aromatic rings. The molecule has 192 valence electrons. The molecule has 1 aliphatic heterocycles. The van der Waals surface area contributed by atoms with E-state index in [1.165, 1.54) is 4.31 Å². The Morgan fingerprint density at radius 2 is 1.71 bits per heavy atom. The molecule has 1 aromatic carbocycles. The fourth-order valence-electron chi connectivity index (χ4n) is 4.37. The van der Waals surface area contributed by atoms with Gasteiger partial charge >= 0.3 is 0 Å². The van der Waals surface area contributed by atoms with E-state index < -0.39 is 10.0 Å². The second-order valence-electron chi connectivity index (χ2n) is 10.5. The first-order chi connectivity index (χ1) is 15.9. The summed E-state index contributed by atoms with van der Waals surface area (Å²) in [5.41, 5.74) is 2.10. The van der Waals surface area contributed by atoms with Crippen LogP contribution < -0.4 is 0 Å². The van der Waals surface area contributed by atoms with Crippen LogP contribution in [0.5, 0.6) is 0 Å². The lowest BCUT2D eigenvalue weighted by Gasteiger charge is -2.40. The molecule has 1 heterocycles. The van der Waals surface area contributed by atoms with Crippen LogP contribution in [0.25, 0.3) is 0 Å². The summed E-state index contributed by atoms with van der Waals surface area (Å²) in [5, 5.41) is 0. The normalized spacial score (nSPS) is 15.6. The zero-order chi connectivity index (χ0) is 25.5. The first-order valence-corrected chi connectivity index (χ1v) is 14.1. The summed E-state index contributed by atoms with van der Waals surface area (Å²) in [6.07, 6.45) is 2.55. The highest BCUT2D eigenvalue weighted by molar-refractivity contribution is 7.89. The van der Waals surface area contributed by atoms with E-state index in [9.17, 15) is 18.0 Å². The SMILES string of the molecule is CCCN(CC(=O)N(Cc1ccccc1C)C1CCN(C(=O)CC(C)(C)C)CC1)S(=O)(=O)CC. The van der Waals surface area contributed by atoms with E-state index in [0.717, 1.165) is 11.1 Å². The number of nitrogens with zero attached hydrogens (tertiary/aromatic N) is 3. The number of sulfonamides is 1. The van der Waals surface area contributed by atoms with Gasteiger partial charge < -0.3 is 9.80 Å². The highest BCUT2D eigenvalue weighted by Gasteiger charge is 2.33. The van der Waals surface area contributed by atoms with Gasteiger partial charge in [-0.3, -0.25) is 9.59 Å². The summed E-state index contributed by atoms with van der Waals surface area (Å²) < 4.78 is 26.5. The molecule has 0 spiro atoms. The molecule has 2 amide bonds. The molecule has 1 aliphatic rings. The van der Waals surface area contributed by atoms with E-state index in [4.69, 9.17) is 0 Å². The van der Waals surface area contributed by atoms with E-state index in [-0.39, 0.29) is 35.6 Å². The monoisotopic (exact) mass is 493 g/mol. The number of carbonyl (C=O) groups is 2. The van der Waals surface area contributed by atoms with Crippen molar-refractivity contribution >= 4 is 21.8 Å². The van der Waals surface area contributed by atoms with E-state index in [1.54, 1.807) is 6.92 Å². The van der Waals surface area contributed by atoms with Gasteiger partial charge in [0.15, 0.2) is 0 Å². The van der Waals surface area contributed by atoms with Crippen LogP contribution >= 0.6 is 0 Å². The molecule has 34 heavy (non-hydrogen) atoms. The molecule has 1 saturated heterocycles. The first-order valence-electron chi connectivity index (χ1n) is 12.5. The van der Waals surface area contributed by atoms with Crippen LogP contribution in [0.2, 0.25) is 0 Å². The molecule has 1 fully saturated rings. The van der Waals surface area contributed by atoms with Crippen molar-refractivity contribution < 1.29 is 18.0 Å². The average Bonchev–Trinajstić information content (AvgIpc) is 2.77.